The van der Waals surface area contributed by atoms with E-state index in [0.29, 0.717) is 13.2 Å². The number of aryl methyl sites for hydroxylation is 1. The quantitative estimate of drug-likeness (QED) is 0.551. The van der Waals surface area contributed by atoms with E-state index in [9.17, 15) is 0 Å². The van der Waals surface area contributed by atoms with Gasteiger partial charge in [0.2, 0.25) is 0 Å². The minimum atomic E-state index is -0.739. The summed E-state index contributed by atoms with van der Waals surface area (Å²) in [6, 6.07) is 6.55. The molecule has 4 rings (SSSR count). The van der Waals surface area contributed by atoms with Gasteiger partial charge in [-0.3, -0.25) is 0 Å². The van der Waals surface area contributed by atoms with Crippen molar-refractivity contribution in [2.45, 2.75) is 95.5 Å². The molecule has 1 aliphatic carbocycles. The second-order valence-electron chi connectivity index (χ2n) is 11.4. The monoisotopic (exact) mass is 456 g/mol. The van der Waals surface area contributed by atoms with Gasteiger partial charge in [0.15, 0.2) is 5.79 Å². The van der Waals surface area contributed by atoms with Gasteiger partial charge in [-0.05, 0) is 71.9 Å². The molecule has 2 heterocycles. The lowest BCUT2D eigenvalue weighted by atomic mass is 9.77. The highest BCUT2D eigenvalue weighted by molar-refractivity contribution is 7.63. The van der Waals surface area contributed by atoms with Crippen LogP contribution in [0.15, 0.2) is 41.1 Å². The third kappa shape index (κ3) is 3.50. The second kappa shape index (κ2) is 7.67. The molecular formula is C27H41N2O2P. The van der Waals surface area contributed by atoms with Gasteiger partial charge in [0, 0.05) is 24.5 Å². The Morgan fingerprint density at radius 1 is 0.938 bits per heavy atom. The zero-order valence-corrected chi connectivity index (χ0v) is 22.0. The molecule has 2 fully saturated rings. The van der Waals surface area contributed by atoms with Gasteiger partial charge >= 0.3 is 0 Å². The van der Waals surface area contributed by atoms with E-state index in [1.54, 1.807) is 0 Å². The first-order valence-corrected chi connectivity index (χ1v) is 13.2. The van der Waals surface area contributed by atoms with E-state index in [1.807, 2.05) is 0 Å². The third-order valence-corrected chi connectivity index (χ3v) is 12.2. The molecule has 1 aromatic carbocycles. The van der Waals surface area contributed by atoms with Crippen LogP contribution in [-0.4, -0.2) is 34.6 Å². The highest BCUT2D eigenvalue weighted by atomic mass is 31.1. The average Bonchev–Trinajstić information content (AvgIpc) is 3.08. The molecule has 0 bridgehead atoms. The molecular weight excluding hydrogens is 415 g/mol. The zero-order chi connectivity index (χ0) is 23.7. The molecule has 32 heavy (non-hydrogen) atoms. The number of ether oxygens (including phenoxy) is 2. The van der Waals surface area contributed by atoms with Gasteiger partial charge in [-0.15, -0.1) is 0 Å². The maximum absolute atomic E-state index is 7.76. The lowest BCUT2D eigenvalue weighted by Gasteiger charge is -2.63. The molecule has 0 radical (unpaired) electrons. The van der Waals surface area contributed by atoms with Crippen molar-refractivity contribution < 1.29 is 9.47 Å². The summed E-state index contributed by atoms with van der Waals surface area (Å²) >= 11 is 0. The molecule has 3 aliphatic rings. The van der Waals surface area contributed by atoms with Crippen LogP contribution in [0.1, 0.15) is 77.0 Å². The number of allylic oxidation sites excluding steroid dienone is 2. The van der Waals surface area contributed by atoms with Crippen molar-refractivity contribution in [3.63, 3.8) is 0 Å². The van der Waals surface area contributed by atoms with E-state index < -0.39 is 19.0 Å². The maximum atomic E-state index is 7.76. The molecule has 2 aliphatic heterocycles. The third-order valence-electron chi connectivity index (χ3n) is 8.10. The summed E-state index contributed by atoms with van der Waals surface area (Å²) in [5.41, 5.74) is 21.8. The van der Waals surface area contributed by atoms with Gasteiger partial charge in [0.1, 0.15) is 0 Å². The molecule has 0 amide bonds. The highest BCUT2D eigenvalue weighted by Crippen LogP contribution is 2.77. The number of benzene rings is 1. The summed E-state index contributed by atoms with van der Waals surface area (Å²) in [5, 5.41) is -0.652. The molecule has 4 nitrogen and oxygen atoms in total. The van der Waals surface area contributed by atoms with E-state index in [0.717, 1.165) is 18.5 Å². The van der Waals surface area contributed by atoms with Crippen molar-refractivity contribution in [2.75, 3.05) is 13.2 Å². The van der Waals surface area contributed by atoms with Gasteiger partial charge < -0.3 is 20.9 Å². The van der Waals surface area contributed by atoms with Crippen molar-refractivity contribution in [3.05, 3.63) is 57.8 Å². The fourth-order valence-electron chi connectivity index (χ4n) is 7.09. The highest BCUT2D eigenvalue weighted by Gasteiger charge is 2.64. The van der Waals surface area contributed by atoms with Crippen molar-refractivity contribution in [3.8, 4) is 0 Å². The average molecular weight is 457 g/mol. The minimum absolute atomic E-state index is 0.0461. The maximum Gasteiger partial charge on any atom is 0.170 e. The molecule has 1 aromatic rings. The van der Waals surface area contributed by atoms with Crippen LogP contribution in [-0.2, 0) is 9.47 Å². The Morgan fingerprint density at radius 2 is 1.50 bits per heavy atom. The minimum Gasteiger partial charge on any atom is -0.401 e. The summed E-state index contributed by atoms with van der Waals surface area (Å²) < 4.78 is 12.5. The van der Waals surface area contributed by atoms with Crippen molar-refractivity contribution in [2.24, 2.45) is 11.5 Å². The van der Waals surface area contributed by atoms with E-state index in [-0.39, 0.29) is 16.2 Å². The van der Waals surface area contributed by atoms with Crippen LogP contribution in [0.5, 0.6) is 0 Å². The molecule has 4 N–H and O–H groups in total. The van der Waals surface area contributed by atoms with Crippen LogP contribution >= 0.6 is 7.92 Å². The van der Waals surface area contributed by atoms with Crippen LogP contribution in [0.3, 0.4) is 0 Å². The van der Waals surface area contributed by atoms with Crippen LogP contribution in [0.25, 0.3) is 0 Å². The molecule has 176 valence electrons. The van der Waals surface area contributed by atoms with Crippen LogP contribution in [0, 0.1) is 13.8 Å². The first kappa shape index (κ1) is 24.0. The van der Waals surface area contributed by atoms with E-state index in [4.69, 9.17) is 20.9 Å². The molecule has 0 aromatic heterocycles. The van der Waals surface area contributed by atoms with E-state index >= 15 is 0 Å². The number of nitrogens with two attached hydrogens (primary N) is 2. The Labute approximate surface area is 195 Å². The van der Waals surface area contributed by atoms with Crippen molar-refractivity contribution in [1.29, 1.82) is 0 Å². The van der Waals surface area contributed by atoms with Gasteiger partial charge in [-0.1, -0.05) is 53.8 Å². The lowest BCUT2D eigenvalue weighted by Crippen LogP contribution is -2.61. The Balaban J connectivity index is 1.93. The normalized spacial score (nSPS) is 31.8. The fourth-order valence-corrected chi connectivity index (χ4v) is 12.6. The number of hydrogen-bond acceptors (Lipinski definition) is 4. The van der Waals surface area contributed by atoms with Crippen molar-refractivity contribution in [1.82, 2.24) is 0 Å². The number of rotatable bonds is 2. The molecule has 2 unspecified atom stereocenters. The Bertz CT molecular complexity index is 967. The van der Waals surface area contributed by atoms with E-state index in [2.05, 4.69) is 79.7 Å². The van der Waals surface area contributed by atoms with Gasteiger partial charge in [0.05, 0.1) is 18.5 Å². The summed E-state index contributed by atoms with van der Waals surface area (Å²) in [5.74, 6) is -0.533. The molecule has 5 heteroatoms. The first-order chi connectivity index (χ1) is 14.8. The SMILES string of the molecule is CC1=C(C)C(N)(P2C(C)(C)CC3(CC2(C)C)OCCO3)C(c2cccc(C)c2C)C(N)=C1. The summed E-state index contributed by atoms with van der Waals surface area (Å²) in [7, 11) is -0.739. The van der Waals surface area contributed by atoms with Crippen LogP contribution < -0.4 is 11.5 Å². The summed E-state index contributed by atoms with van der Waals surface area (Å²) in [6.07, 6.45) is 3.88. The largest absolute Gasteiger partial charge is 0.401 e. The summed E-state index contributed by atoms with van der Waals surface area (Å²) in [6.45, 7) is 19.6. The first-order valence-electron chi connectivity index (χ1n) is 11.8. The second-order valence-corrected chi connectivity index (χ2v) is 15.3. The fraction of sp³-hybridized carbons (Fsp3) is 0.630. The lowest BCUT2D eigenvalue weighted by molar-refractivity contribution is -0.179. The van der Waals surface area contributed by atoms with Gasteiger partial charge in [0.25, 0.3) is 0 Å². The summed E-state index contributed by atoms with van der Waals surface area (Å²) in [4.78, 5) is 0. The molecule has 2 atom stereocenters. The Kier molecular flexibility index (Phi) is 5.74. The Hall–Kier alpha value is -1.19. The van der Waals surface area contributed by atoms with Crippen LogP contribution in [0.2, 0.25) is 0 Å². The molecule has 2 saturated heterocycles. The van der Waals surface area contributed by atoms with Gasteiger partial charge in [-0.2, -0.15) is 0 Å². The van der Waals surface area contributed by atoms with E-state index in [1.165, 1.54) is 27.8 Å². The Morgan fingerprint density at radius 3 is 2.06 bits per heavy atom. The smallest absolute Gasteiger partial charge is 0.170 e. The predicted molar refractivity (Wildman–Crippen MR) is 135 cm³/mol. The van der Waals surface area contributed by atoms with Crippen LogP contribution in [0.4, 0.5) is 0 Å². The zero-order valence-electron chi connectivity index (χ0n) is 21.1. The standard InChI is InChI=1S/C27H41N2O2P/c1-17-10-9-11-21(19(17)3)23-22(28)14-18(2)20(4)27(23,29)32-24(5,6)15-26(16-25(32,7)8)30-12-13-31-26/h9-11,14,23H,12-13,15-16,28-29H2,1-8H3. The van der Waals surface area contributed by atoms with Crippen molar-refractivity contribution >= 4 is 7.92 Å². The van der Waals surface area contributed by atoms with Gasteiger partial charge in [-0.25, -0.2) is 0 Å². The number of hydrogen-bond donors (Lipinski definition) is 2. The molecule has 1 spiro atoms. The topological polar surface area (TPSA) is 70.5 Å². The predicted octanol–water partition coefficient (Wildman–Crippen LogP) is 5.81. The molecule has 0 saturated carbocycles.